The molecule has 3 rings (SSSR count). The molecule has 2 aromatic heterocycles. The lowest BCUT2D eigenvalue weighted by Gasteiger charge is -2.17. The molecule has 0 saturated carbocycles. The third-order valence-electron chi connectivity index (χ3n) is 3.40. The standard InChI is InChI=1S/C17H15NO5/c1-11-6-12(7-19)15(14-4-3-5-22-14)17(20-2)16(11)23-9-13-8-21-10-18-13/h3-8,10H,9H2,1-2H3. The Kier molecular flexibility index (Phi) is 4.14. The summed E-state index contributed by atoms with van der Waals surface area (Å²) in [7, 11) is 1.53. The smallest absolute Gasteiger partial charge is 0.180 e. The van der Waals surface area contributed by atoms with Crippen molar-refractivity contribution < 1.29 is 23.1 Å². The first kappa shape index (κ1) is 14.9. The maximum atomic E-state index is 11.4. The summed E-state index contributed by atoms with van der Waals surface area (Å²) in [4.78, 5) is 15.5. The highest BCUT2D eigenvalue weighted by Crippen LogP contribution is 2.43. The molecule has 0 aliphatic heterocycles. The summed E-state index contributed by atoms with van der Waals surface area (Å²) in [5.74, 6) is 1.52. The highest BCUT2D eigenvalue weighted by Gasteiger charge is 2.21. The average Bonchev–Trinajstić information content (AvgIpc) is 3.25. The number of carbonyl (C=O) groups is 1. The number of methoxy groups -OCH3 is 1. The predicted octanol–water partition coefficient (Wildman–Crippen LogP) is 3.64. The first-order valence-corrected chi connectivity index (χ1v) is 6.95. The number of furan rings is 1. The molecule has 0 N–H and O–H groups in total. The Labute approximate surface area is 132 Å². The summed E-state index contributed by atoms with van der Waals surface area (Å²) in [5, 5.41) is 0. The molecule has 0 aliphatic carbocycles. The van der Waals surface area contributed by atoms with Crippen LogP contribution in [0.4, 0.5) is 0 Å². The van der Waals surface area contributed by atoms with Gasteiger partial charge >= 0.3 is 0 Å². The zero-order valence-electron chi connectivity index (χ0n) is 12.7. The Balaban J connectivity index is 2.08. The van der Waals surface area contributed by atoms with Crippen molar-refractivity contribution in [3.63, 3.8) is 0 Å². The fraction of sp³-hybridized carbons (Fsp3) is 0.176. The Morgan fingerprint density at radius 2 is 2.22 bits per heavy atom. The lowest BCUT2D eigenvalue weighted by molar-refractivity contribution is 0.112. The van der Waals surface area contributed by atoms with Crippen molar-refractivity contribution in [2.24, 2.45) is 0 Å². The number of aromatic nitrogens is 1. The van der Waals surface area contributed by atoms with Gasteiger partial charge in [-0.15, -0.1) is 0 Å². The van der Waals surface area contributed by atoms with Crippen molar-refractivity contribution in [2.75, 3.05) is 7.11 Å². The van der Waals surface area contributed by atoms with Crippen LogP contribution in [0.5, 0.6) is 11.5 Å². The van der Waals surface area contributed by atoms with Gasteiger partial charge in [0.15, 0.2) is 24.2 Å². The number of oxazole rings is 1. The van der Waals surface area contributed by atoms with Gasteiger partial charge in [0.1, 0.15) is 24.3 Å². The van der Waals surface area contributed by atoms with Gasteiger partial charge in [-0.25, -0.2) is 4.98 Å². The minimum Gasteiger partial charge on any atom is -0.492 e. The summed E-state index contributed by atoms with van der Waals surface area (Å²) in [6.45, 7) is 2.07. The molecule has 0 spiro atoms. The molecule has 0 atom stereocenters. The molecule has 118 valence electrons. The molecule has 0 saturated heterocycles. The molecule has 1 aromatic carbocycles. The van der Waals surface area contributed by atoms with Gasteiger partial charge in [-0.05, 0) is 30.7 Å². The maximum absolute atomic E-state index is 11.4. The molecule has 0 fully saturated rings. The summed E-state index contributed by atoms with van der Waals surface area (Å²) in [6, 6.07) is 5.26. The van der Waals surface area contributed by atoms with E-state index in [0.29, 0.717) is 34.1 Å². The van der Waals surface area contributed by atoms with Crippen molar-refractivity contribution in [3.8, 4) is 22.8 Å². The lowest BCUT2D eigenvalue weighted by Crippen LogP contribution is -2.03. The molecule has 2 heterocycles. The Morgan fingerprint density at radius 3 is 2.83 bits per heavy atom. The number of rotatable bonds is 6. The van der Waals surface area contributed by atoms with Crippen LogP contribution < -0.4 is 9.47 Å². The van der Waals surface area contributed by atoms with Crippen LogP contribution in [0.15, 0.2) is 46.0 Å². The number of nitrogens with zero attached hydrogens (tertiary/aromatic N) is 1. The molecular weight excluding hydrogens is 298 g/mol. The molecule has 0 radical (unpaired) electrons. The van der Waals surface area contributed by atoms with Crippen molar-refractivity contribution in [2.45, 2.75) is 13.5 Å². The van der Waals surface area contributed by atoms with E-state index < -0.39 is 0 Å². The minimum absolute atomic E-state index is 0.228. The quantitative estimate of drug-likeness (QED) is 0.647. The van der Waals surface area contributed by atoms with Crippen molar-refractivity contribution in [3.05, 3.63) is 53.9 Å². The van der Waals surface area contributed by atoms with E-state index in [1.807, 2.05) is 6.92 Å². The van der Waals surface area contributed by atoms with Gasteiger partial charge < -0.3 is 18.3 Å². The number of hydrogen-bond acceptors (Lipinski definition) is 6. The number of hydrogen-bond donors (Lipinski definition) is 0. The molecule has 6 nitrogen and oxygen atoms in total. The SMILES string of the molecule is COc1c(OCc2cocn2)c(C)cc(C=O)c1-c1ccco1. The number of aryl methyl sites for hydroxylation is 1. The Morgan fingerprint density at radius 1 is 1.35 bits per heavy atom. The van der Waals surface area contributed by atoms with Crippen molar-refractivity contribution in [1.82, 2.24) is 4.98 Å². The van der Waals surface area contributed by atoms with Gasteiger partial charge in [0.2, 0.25) is 0 Å². The van der Waals surface area contributed by atoms with Crippen LogP contribution in [0.1, 0.15) is 21.6 Å². The van der Waals surface area contributed by atoms with Crippen LogP contribution in [0.25, 0.3) is 11.3 Å². The van der Waals surface area contributed by atoms with Crippen LogP contribution in [0.2, 0.25) is 0 Å². The van der Waals surface area contributed by atoms with E-state index in [2.05, 4.69) is 4.98 Å². The summed E-state index contributed by atoms with van der Waals surface area (Å²) < 4.78 is 21.7. The number of ether oxygens (including phenoxy) is 2. The maximum Gasteiger partial charge on any atom is 0.180 e. The van der Waals surface area contributed by atoms with Crippen LogP contribution in [0.3, 0.4) is 0 Å². The van der Waals surface area contributed by atoms with Gasteiger partial charge in [0, 0.05) is 5.56 Å². The molecule has 0 bridgehead atoms. The highest BCUT2D eigenvalue weighted by atomic mass is 16.5. The minimum atomic E-state index is 0.228. The van der Waals surface area contributed by atoms with Crippen LogP contribution in [-0.2, 0) is 6.61 Å². The highest BCUT2D eigenvalue weighted by molar-refractivity contribution is 5.91. The predicted molar refractivity (Wildman–Crippen MR) is 81.7 cm³/mol. The fourth-order valence-corrected chi connectivity index (χ4v) is 2.39. The van der Waals surface area contributed by atoms with Gasteiger partial charge in [-0.2, -0.15) is 0 Å². The molecule has 6 heteroatoms. The second-order valence-corrected chi connectivity index (χ2v) is 4.88. The second kappa shape index (κ2) is 6.39. The monoisotopic (exact) mass is 313 g/mol. The molecule has 0 aliphatic rings. The molecule has 3 aromatic rings. The van der Waals surface area contributed by atoms with E-state index in [1.54, 1.807) is 24.5 Å². The van der Waals surface area contributed by atoms with Crippen LogP contribution in [-0.4, -0.2) is 18.4 Å². The van der Waals surface area contributed by atoms with Gasteiger partial charge in [0.05, 0.1) is 18.9 Å². The van der Waals surface area contributed by atoms with Crippen molar-refractivity contribution in [1.29, 1.82) is 0 Å². The van der Waals surface area contributed by atoms with Gasteiger partial charge in [-0.3, -0.25) is 4.79 Å². The summed E-state index contributed by atoms with van der Waals surface area (Å²) in [6.07, 6.45) is 5.16. The summed E-state index contributed by atoms with van der Waals surface area (Å²) >= 11 is 0. The van der Waals surface area contributed by atoms with Crippen LogP contribution >= 0.6 is 0 Å². The zero-order valence-corrected chi connectivity index (χ0v) is 12.7. The van der Waals surface area contributed by atoms with E-state index >= 15 is 0 Å². The van der Waals surface area contributed by atoms with Crippen LogP contribution in [0, 0.1) is 6.92 Å². The number of aldehydes is 1. The second-order valence-electron chi connectivity index (χ2n) is 4.88. The largest absolute Gasteiger partial charge is 0.492 e. The van der Waals surface area contributed by atoms with E-state index in [0.717, 1.165) is 11.8 Å². The third-order valence-corrected chi connectivity index (χ3v) is 3.40. The van der Waals surface area contributed by atoms with Gasteiger partial charge in [-0.1, -0.05) is 0 Å². The lowest BCUT2D eigenvalue weighted by atomic mass is 10.0. The first-order valence-electron chi connectivity index (χ1n) is 6.95. The average molecular weight is 313 g/mol. The normalized spacial score (nSPS) is 10.5. The van der Waals surface area contributed by atoms with E-state index in [9.17, 15) is 4.79 Å². The molecule has 23 heavy (non-hydrogen) atoms. The topological polar surface area (TPSA) is 74.7 Å². The van der Waals surface area contributed by atoms with E-state index in [-0.39, 0.29) is 6.61 Å². The Hall–Kier alpha value is -3.02. The Bertz CT molecular complexity index is 791. The number of carbonyl (C=O) groups excluding carboxylic acids is 1. The fourth-order valence-electron chi connectivity index (χ4n) is 2.39. The van der Waals surface area contributed by atoms with Gasteiger partial charge in [0.25, 0.3) is 0 Å². The summed E-state index contributed by atoms with van der Waals surface area (Å²) in [5.41, 5.74) is 2.48. The molecule has 0 amide bonds. The number of benzene rings is 1. The third kappa shape index (κ3) is 2.83. The molecule has 0 unspecified atom stereocenters. The molecular formula is C17H15NO5. The first-order chi connectivity index (χ1) is 11.2. The zero-order chi connectivity index (χ0) is 16.2. The van der Waals surface area contributed by atoms with E-state index in [1.165, 1.54) is 19.8 Å². The van der Waals surface area contributed by atoms with E-state index in [4.69, 9.17) is 18.3 Å². The van der Waals surface area contributed by atoms with Crippen molar-refractivity contribution >= 4 is 6.29 Å².